The number of hydrogen-bond donors (Lipinski definition) is 1. The van der Waals surface area contributed by atoms with Crippen molar-refractivity contribution in [1.29, 1.82) is 0 Å². The Hall–Kier alpha value is -1.61. The molecule has 0 radical (unpaired) electrons. The number of carbonyl (C=O) groups is 1. The van der Waals surface area contributed by atoms with E-state index < -0.39 is 23.5 Å². The van der Waals surface area contributed by atoms with Crippen LogP contribution in [0.25, 0.3) is 0 Å². The van der Waals surface area contributed by atoms with Crippen molar-refractivity contribution in [3.63, 3.8) is 0 Å². The Labute approximate surface area is 188 Å². The maximum atomic E-state index is 13.7. The van der Waals surface area contributed by atoms with E-state index >= 15 is 0 Å². The zero-order chi connectivity index (χ0) is 22.5. The maximum absolute atomic E-state index is 13.7. The monoisotopic (exact) mass is 448 g/mol. The van der Waals surface area contributed by atoms with Gasteiger partial charge in [0.1, 0.15) is 5.82 Å². The quantitative estimate of drug-likeness (QED) is 0.689. The Morgan fingerprint density at radius 3 is 2.91 bits per heavy atom. The lowest BCUT2D eigenvalue weighted by atomic mass is 9.57. The smallest absolute Gasteiger partial charge is 0.220 e. The largest absolute Gasteiger partial charge is 0.352 e. The Bertz CT molecular complexity index is 871. The topological polar surface area (TPSA) is 78.9 Å². The highest BCUT2D eigenvalue weighted by Crippen LogP contribution is 2.60. The van der Waals surface area contributed by atoms with Crippen molar-refractivity contribution in [2.75, 3.05) is 0 Å². The van der Waals surface area contributed by atoms with E-state index in [1.807, 2.05) is 6.92 Å². The Morgan fingerprint density at radius 1 is 1.25 bits per heavy atom. The second-order valence-corrected chi connectivity index (χ2v) is 10.2. The van der Waals surface area contributed by atoms with Crippen LogP contribution >= 0.6 is 0 Å². The molecule has 5 aliphatic rings. The number of carbonyl (C=O) groups excluding carboxylic acids is 1. The molecule has 6 rings (SSSR count). The minimum absolute atomic E-state index is 0.111. The summed E-state index contributed by atoms with van der Waals surface area (Å²) in [6.07, 6.45) is 6.92. The SMILES string of the molecule is C[C@H]1[C@@H](CCC(=O)NCc2ccncc2F)O[C@@H]2O[C@]3(C)CC[C@H]4[C@H](C)CC[C@@H]1[C@@]24OO3. The van der Waals surface area contributed by atoms with Gasteiger partial charge in [-0.2, -0.15) is 0 Å². The molecular formula is C24H33FN2O5. The van der Waals surface area contributed by atoms with E-state index in [1.165, 1.54) is 6.20 Å². The molecule has 0 aromatic carbocycles. The summed E-state index contributed by atoms with van der Waals surface area (Å²) in [4.78, 5) is 28.2. The number of nitrogens with one attached hydrogen (secondary N) is 1. The zero-order valence-corrected chi connectivity index (χ0v) is 19.0. The van der Waals surface area contributed by atoms with E-state index in [-0.39, 0.29) is 30.4 Å². The highest BCUT2D eigenvalue weighted by atomic mass is 19.1. The van der Waals surface area contributed by atoms with Gasteiger partial charge in [-0.3, -0.25) is 9.78 Å². The third-order valence-corrected chi connectivity index (χ3v) is 8.28. The number of pyridine rings is 1. The summed E-state index contributed by atoms with van der Waals surface area (Å²) < 4.78 is 26.6. The first-order valence-corrected chi connectivity index (χ1v) is 11.9. The van der Waals surface area contributed by atoms with Crippen LogP contribution < -0.4 is 5.32 Å². The number of ether oxygens (including phenoxy) is 2. The summed E-state index contributed by atoms with van der Waals surface area (Å²) in [5.41, 5.74) is -0.154. The minimum atomic E-state index is -0.797. The molecule has 1 aromatic rings. The Kier molecular flexibility index (Phi) is 5.76. The van der Waals surface area contributed by atoms with Crippen molar-refractivity contribution in [2.24, 2.45) is 23.7 Å². The first kappa shape index (κ1) is 22.2. The predicted octanol–water partition coefficient (Wildman–Crippen LogP) is 3.87. The number of amides is 1. The summed E-state index contributed by atoms with van der Waals surface area (Å²) in [6, 6.07) is 1.57. The van der Waals surface area contributed by atoms with Gasteiger partial charge in [-0.15, -0.1) is 0 Å². The van der Waals surface area contributed by atoms with Gasteiger partial charge in [-0.25, -0.2) is 14.2 Å². The molecule has 7 nitrogen and oxygen atoms in total. The molecule has 0 unspecified atom stereocenters. The molecule has 1 spiro atoms. The zero-order valence-electron chi connectivity index (χ0n) is 19.0. The fourth-order valence-corrected chi connectivity index (χ4v) is 6.41. The molecule has 1 amide bonds. The number of fused-ring (bicyclic) bond motifs is 2. The number of nitrogens with zero attached hydrogens (tertiary/aromatic N) is 1. The fourth-order valence-electron chi connectivity index (χ4n) is 6.41. The second kappa shape index (κ2) is 8.31. The van der Waals surface area contributed by atoms with Crippen molar-refractivity contribution in [3.8, 4) is 0 Å². The van der Waals surface area contributed by atoms with Gasteiger partial charge >= 0.3 is 0 Å². The van der Waals surface area contributed by atoms with Crippen LogP contribution in [0, 0.1) is 29.5 Å². The Morgan fingerprint density at radius 2 is 2.09 bits per heavy atom. The number of halogens is 1. The first-order valence-electron chi connectivity index (χ1n) is 11.9. The lowest BCUT2D eigenvalue weighted by molar-refractivity contribution is -0.571. The summed E-state index contributed by atoms with van der Waals surface area (Å²) >= 11 is 0. The third-order valence-electron chi connectivity index (χ3n) is 8.28. The van der Waals surface area contributed by atoms with Gasteiger partial charge in [0.25, 0.3) is 0 Å². The lowest BCUT2D eigenvalue weighted by Crippen LogP contribution is -2.70. The van der Waals surface area contributed by atoms with Crippen LogP contribution in [-0.2, 0) is 30.6 Å². The van der Waals surface area contributed by atoms with E-state index in [0.717, 1.165) is 31.9 Å². The van der Waals surface area contributed by atoms with Crippen molar-refractivity contribution in [3.05, 3.63) is 29.8 Å². The Balaban J connectivity index is 1.26. The molecule has 8 atom stereocenters. The molecule has 5 fully saturated rings. The molecule has 1 aliphatic carbocycles. The summed E-state index contributed by atoms with van der Waals surface area (Å²) in [7, 11) is 0. The van der Waals surface area contributed by atoms with Gasteiger partial charge in [0, 0.05) is 37.1 Å². The van der Waals surface area contributed by atoms with Crippen LogP contribution in [0.4, 0.5) is 4.39 Å². The first-order chi connectivity index (χ1) is 15.3. The van der Waals surface area contributed by atoms with Gasteiger partial charge in [0.05, 0.1) is 12.3 Å². The average molecular weight is 449 g/mol. The molecular weight excluding hydrogens is 415 g/mol. The molecule has 4 aliphatic heterocycles. The fraction of sp³-hybridized carbons (Fsp3) is 0.750. The molecule has 5 heterocycles. The number of hydrogen-bond acceptors (Lipinski definition) is 6. The summed E-state index contributed by atoms with van der Waals surface area (Å²) in [5, 5.41) is 2.80. The van der Waals surface area contributed by atoms with Crippen LogP contribution in [-0.4, -0.2) is 34.7 Å². The van der Waals surface area contributed by atoms with Crippen LogP contribution in [0.1, 0.15) is 64.9 Å². The van der Waals surface area contributed by atoms with E-state index in [0.29, 0.717) is 30.2 Å². The average Bonchev–Trinajstić information content (AvgIpc) is 3.00. The van der Waals surface area contributed by atoms with E-state index in [9.17, 15) is 9.18 Å². The molecule has 1 N–H and O–H groups in total. The van der Waals surface area contributed by atoms with E-state index in [1.54, 1.807) is 6.07 Å². The van der Waals surface area contributed by atoms with E-state index in [2.05, 4.69) is 24.1 Å². The number of aromatic nitrogens is 1. The van der Waals surface area contributed by atoms with E-state index in [4.69, 9.17) is 19.2 Å². The molecule has 1 aromatic heterocycles. The normalized spacial score (nSPS) is 42.8. The van der Waals surface area contributed by atoms with Crippen LogP contribution in [0.3, 0.4) is 0 Å². The predicted molar refractivity (Wildman–Crippen MR) is 112 cm³/mol. The van der Waals surface area contributed by atoms with Crippen molar-refractivity contribution in [1.82, 2.24) is 10.3 Å². The molecule has 176 valence electrons. The lowest BCUT2D eigenvalue weighted by Gasteiger charge is -2.60. The standard InChI is InChI=1S/C24H33FN2O5/c1-14-4-5-18-15(2)20(6-7-21(28)27-12-16-9-11-26-13-19(16)25)29-22-24(18)17(14)8-10-23(3,30-22)31-32-24/h9,11,13-15,17-18,20,22H,4-8,10,12H2,1-3H3,(H,27,28)/t14-,15-,17+,18+,20-,22-,23+,24-/m1/s1. The van der Waals surface area contributed by atoms with Crippen molar-refractivity contribution in [2.45, 2.75) is 89.6 Å². The minimum Gasteiger partial charge on any atom is -0.352 e. The van der Waals surface area contributed by atoms with Gasteiger partial charge in [-0.1, -0.05) is 13.8 Å². The molecule has 4 saturated heterocycles. The number of rotatable bonds is 5. The van der Waals surface area contributed by atoms with Gasteiger partial charge in [-0.05, 0) is 56.4 Å². The van der Waals surface area contributed by atoms with Gasteiger partial charge in [0.2, 0.25) is 11.7 Å². The van der Waals surface area contributed by atoms with Crippen LogP contribution in [0.5, 0.6) is 0 Å². The summed E-state index contributed by atoms with van der Waals surface area (Å²) in [6.45, 7) is 6.55. The van der Waals surface area contributed by atoms with Crippen molar-refractivity contribution < 1.29 is 28.4 Å². The second-order valence-electron chi connectivity index (χ2n) is 10.2. The highest BCUT2D eigenvalue weighted by molar-refractivity contribution is 5.75. The van der Waals surface area contributed by atoms with Crippen LogP contribution in [0.15, 0.2) is 18.5 Å². The van der Waals surface area contributed by atoms with Gasteiger partial charge in [0.15, 0.2) is 11.9 Å². The molecule has 8 heteroatoms. The van der Waals surface area contributed by atoms with Crippen LogP contribution in [0.2, 0.25) is 0 Å². The molecule has 1 saturated carbocycles. The maximum Gasteiger partial charge on any atom is 0.220 e. The summed E-state index contributed by atoms with van der Waals surface area (Å²) in [5.74, 6) is -0.0210. The van der Waals surface area contributed by atoms with Crippen molar-refractivity contribution >= 4 is 5.91 Å². The molecule has 32 heavy (non-hydrogen) atoms. The molecule has 2 bridgehead atoms. The van der Waals surface area contributed by atoms with Gasteiger partial charge < -0.3 is 14.8 Å². The third kappa shape index (κ3) is 3.65. The highest BCUT2D eigenvalue weighted by Gasteiger charge is 2.69.